The summed E-state index contributed by atoms with van der Waals surface area (Å²) in [6, 6.07) is -0.570. The molecular formula is C24H38N6O5S2. The molecule has 0 bridgehead atoms. The second-order valence-electron chi connectivity index (χ2n) is 10.6. The lowest BCUT2D eigenvalue weighted by Crippen LogP contribution is -2.57. The molecule has 3 fully saturated rings. The summed E-state index contributed by atoms with van der Waals surface area (Å²) in [5, 5.41) is 11.7. The maximum absolute atomic E-state index is 14.0. The molecule has 2 aliphatic carbocycles. The molecule has 4 rings (SSSR count). The Kier molecular flexibility index (Phi) is 8.76. The minimum Gasteiger partial charge on any atom is -0.373 e. The summed E-state index contributed by atoms with van der Waals surface area (Å²) in [5.41, 5.74) is 7.64. The zero-order valence-corrected chi connectivity index (χ0v) is 23.5. The van der Waals surface area contributed by atoms with Crippen molar-refractivity contribution in [1.29, 1.82) is 0 Å². The van der Waals surface area contributed by atoms with Crippen LogP contribution in [0.3, 0.4) is 0 Å². The Balaban J connectivity index is 1.82. The first-order valence-electron chi connectivity index (χ1n) is 13.0. The summed E-state index contributed by atoms with van der Waals surface area (Å²) in [4.78, 5) is 27.3. The largest absolute Gasteiger partial charge is 0.373 e. The summed E-state index contributed by atoms with van der Waals surface area (Å²) in [7, 11) is -1.09. The van der Waals surface area contributed by atoms with E-state index < -0.39 is 32.3 Å². The lowest BCUT2D eigenvalue weighted by atomic mass is 9.49. The first-order valence-corrected chi connectivity index (χ1v) is 15.6. The first kappa shape index (κ1) is 28.2. The molecule has 13 heteroatoms. The summed E-state index contributed by atoms with van der Waals surface area (Å²) in [6.07, 6.45) is 7.46. The summed E-state index contributed by atoms with van der Waals surface area (Å²) >= 11 is 0.953. The number of aromatic nitrogens is 4. The van der Waals surface area contributed by atoms with E-state index in [9.17, 15) is 18.0 Å². The van der Waals surface area contributed by atoms with Crippen LogP contribution in [-0.2, 0) is 31.2 Å². The lowest BCUT2D eigenvalue weighted by Gasteiger charge is -2.57. The highest BCUT2D eigenvalue weighted by Gasteiger charge is 2.54. The summed E-state index contributed by atoms with van der Waals surface area (Å²) < 4.78 is 32.9. The van der Waals surface area contributed by atoms with Crippen LogP contribution in [0.5, 0.6) is 0 Å². The van der Waals surface area contributed by atoms with Crippen molar-refractivity contribution in [2.45, 2.75) is 80.2 Å². The van der Waals surface area contributed by atoms with E-state index in [0.29, 0.717) is 36.4 Å². The van der Waals surface area contributed by atoms with Gasteiger partial charge in [-0.15, -0.1) is 5.10 Å². The van der Waals surface area contributed by atoms with Crippen molar-refractivity contribution in [3.63, 3.8) is 0 Å². The lowest BCUT2D eigenvalue weighted by molar-refractivity contribution is -0.127. The van der Waals surface area contributed by atoms with Gasteiger partial charge < -0.3 is 20.2 Å². The van der Waals surface area contributed by atoms with Gasteiger partial charge in [0.05, 0.1) is 5.75 Å². The average Bonchev–Trinajstić information content (AvgIpc) is 3.54. The van der Waals surface area contributed by atoms with E-state index in [2.05, 4.69) is 15.5 Å². The Hall–Kier alpha value is -1.83. The summed E-state index contributed by atoms with van der Waals surface area (Å²) in [6.45, 7) is 2.96. The van der Waals surface area contributed by atoms with E-state index in [1.54, 1.807) is 18.9 Å². The molecule has 2 N–H and O–H groups in total. The number of tetrazole rings is 1. The molecule has 206 valence electrons. The first-order chi connectivity index (χ1) is 17.6. The molecule has 5 atom stereocenters. The number of hydrogen-bond donors (Lipinski definition) is 1. The molecule has 37 heavy (non-hydrogen) atoms. The molecule has 1 aromatic heterocycles. The number of fused-ring (bicyclic) bond motifs is 1. The van der Waals surface area contributed by atoms with Gasteiger partial charge in [0.25, 0.3) is 5.91 Å². The number of methoxy groups -OCH3 is 1. The van der Waals surface area contributed by atoms with Crippen LogP contribution in [0.4, 0.5) is 0 Å². The van der Waals surface area contributed by atoms with Crippen LogP contribution in [-0.4, -0.2) is 88.4 Å². The van der Waals surface area contributed by atoms with E-state index in [4.69, 9.17) is 10.5 Å². The number of amides is 1. The number of nitrogens with zero attached hydrogens (tertiary/aromatic N) is 5. The molecule has 1 aliphatic heterocycles. The molecular weight excluding hydrogens is 516 g/mol. The third-order valence-electron chi connectivity index (χ3n) is 8.52. The second kappa shape index (κ2) is 11.5. The van der Waals surface area contributed by atoms with Crippen LogP contribution < -0.4 is 5.73 Å². The third kappa shape index (κ3) is 5.50. The molecule has 0 spiro atoms. The zero-order valence-electron chi connectivity index (χ0n) is 21.8. The number of aryl methyl sites for hydroxylation is 1. The van der Waals surface area contributed by atoms with Gasteiger partial charge >= 0.3 is 0 Å². The molecule has 1 aromatic rings. The van der Waals surface area contributed by atoms with Crippen molar-refractivity contribution in [3.05, 3.63) is 11.1 Å². The van der Waals surface area contributed by atoms with Crippen molar-refractivity contribution >= 4 is 33.8 Å². The van der Waals surface area contributed by atoms with Gasteiger partial charge in [-0.3, -0.25) is 4.79 Å². The molecule has 11 nitrogen and oxygen atoms in total. The van der Waals surface area contributed by atoms with Gasteiger partial charge in [0.1, 0.15) is 17.0 Å². The summed E-state index contributed by atoms with van der Waals surface area (Å²) in [5.74, 6) is -0.255. The predicted octanol–water partition coefficient (Wildman–Crippen LogP) is 1.49. The minimum absolute atomic E-state index is 0.177. The van der Waals surface area contributed by atoms with Gasteiger partial charge in [0.15, 0.2) is 9.84 Å². The fraction of sp³-hybridized carbons (Fsp3) is 0.792. The average molecular weight is 555 g/mol. The maximum Gasteiger partial charge on any atom is 0.251 e. The van der Waals surface area contributed by atoms with Gasteiger partial charge in [-0.1, -0.05) is 24.6 Å². The number of hydrogen-bond acceptors (Lipinski definition) is 10. The monoisotopic (exact) mass is 554 g/mol. The number of carbonyl (C=O) groups excluding carboxylic acids is 2. The number of aldehydes is 1. The molecule has 0 aromatic carbocycles. The van der Waals surface area contributed by atoms with Crippen LogP contribution in [0.1, 0.15) is 58.3 Å². The maximum atomic E-state index is 14.0. The van der Waals surface area contributed by atoms with Crippen LogP contribution in [0.25, 0.3) is 0 Å². The Morgan fingerprint density at radius 3 is 2.51 bits per heavy atom. The SMILES string of the molecule is CO[C@@H](C=O)CS(=O)(=O)C(Sc1nnnn1C)C(C)=C(C(=O)N1CCCC1)C(N)C12CCCCC1CC2. The highest BCUT2D eigenvalue weighted by atomic mass is 32.3. The van der Waals surface area contributed by atoms with Crippen molar-refractivity contribution < 1.29 is 22.7 Å². The molecule has 3 aliphatic rings. The smallest absolute Gasteiger partial charge is 0.251 e. The molecule has 0 radical (unpaired) electrons. The number of thioether (sulfide) groups is 1. The van der Waals surface area contributed by atoms with Gasteiger partial charge in [0, 0.05) is 38.9 Å². The second-order valence-corrected chi connectivity index (χ2v) is 14.1. The Bertz CT molecular complexity index is 1130. The highest BCUT2D eigenvalue weighted by Crippen LogP contribution is 2.58. The number of rotatable bonds is 11. The zero-order chi connectivity index (χ0) is 26.8. The van der Waals surface area contributed by atoms with Crippen molar-refractivity contribution in [3.8, 4) is 0 Å². The number of likely N-dealkylation sites (tertiary alicyclic amines) is 1. The van der Waals surface area contributed by atoms with Crippen molar-refractivity contribution in [1.82, 2.24) is 25.1 Å². The standard InChI is InChI=1S/C24H38N6O5S2/c1-16(22(36-23-26-27-28-29(23)2)37(33,34)15-18(14-31)35-3)19(21(32)30-12-6-7-13-30)20(25)24-10-5-4-8-17(24)9-11-24/h14,17-18,20,22H,4-13,15,25H2,1-3H3/t17?,18-,20?,22?,24?/m0/s1. The van der Waals surface area contributed by atoms with Gasteiger partial charge in [0.2, 0.25) is 5.16 Å². The molecule has 1 amide bonds. The van der Waals surface area contributed by atoms with Gasteiger partial charge in [-0.05, 0) is 72.8 Å². The van der Waals surface area contributed by atoms with E-state index in [0.717, 1.165) is 63.1 Å². The quantitative estimate of drug-likeness (QED) is 0.242. The topological polar surface area (TPSA) is 150 Å². The van der Waals surface area contributed by atoms with Crippen LogP contribution in [0, 0.1) is 11.3 Å². The molecule has 2 heterocycles. The van der Waals surface area contributed by atoms with Crippen LogP contribution >= 0.6 is 11.8 Å². The molecule has 2 saturated carbocycles. The molecule has 4 unspecified atom stereocenters. The normalized spacial score (nSPS) is 27.0. The van der Waals surface area contributed by atoms with E-state index in [1.807, 2.05) is 0 Å². The fourth-order valence-electron chi connectivity index (χ4n) is 6.27. The van der Waals surface area contributed by atoms with Gasteiger partial charge in [-0.25, -0.2) is 13.1 Å². The van der Waals surface area contributed by atoms with E-state index >= 15 is 0 Å². The van der Waals surface area contributed by atoms with E-state index in [-0.39, 0.29) is 16.5 Å². The van der Waals surface area contributed by atoms with E-state index in [1.165, 1.54) is 11.8 Å². The number of ether oxygens (including phenoxy) is 1. The highest BCUT2D eigenvalue weighted by molar-refractivity contribution is 8.13. The van der Waals surface area contributed by atoms with Crippen molar-refractivity contribution in [2.75, 3.05) is 26.0 Å². The van der Waals surface area contributed by atoms with Crippen molar-refractivity contribution in [2.24, 2.45) is 24.1 Å². The fourth-order valence-corrected chi connectivity index (χ4v) is 9.63. The third-order valence-corrected chi connectivity index (χ3v) is 12.6. The minimum atomic E-state index is -4.01. The van der Waals surface area contributed by atoms with Crippen LogP contribution in [0.15, 0.2) is 16.3 Å². The predicted molar refractivity (Wildman–Crippen MR) is 139 cm³/mol. The van der Waals surface area contributed by atoms with Gasteiger partial charge in [-0.2, -0.15) is 0 Å². The Labute approximate surface area is 222 Å². The number of sulfone groups is 1. The number of nitrogens with two attached hydrogens (primary N) is 1. The Morgan fingerprint density at radius 1 is 1.24 bits per heavy atom. The Morgan fingerprint density at radius 2 is 1.97 bits per heavy atom. The number of carbonyl (C=O) groups is 2. The van der Waals surface area contributed by atoms with Crippen LogP contribution in [0.2, 0.25) is 0 Å². The molecule has 1 saturated heterocycles.